The molecule has 0 saturated carbocycles. The van der Waals surface area contributed by atoms with Gasteiger partial charge in [0, 0.05) is 44.0 Å². The summed E-state index contributed by atoms with van der Waals surface area (Å²) in [7, 11) is 0. The van der Waals surface area contributed by atoms with E-state index in [1.54, 1.807) is 12.4 Å². The van der Waals surface area contributed by atoms with Crippen molar-refractivity contribution in [1.82, 2.24) is 14.8 Å². The van der Waals surface area contributed by atoms with Gasteiger partial charge in [-0.25, -0.2) is 0 Å². The molecule has 1 unspecified atom stereocenters. The van der Waals surface area contributed by atoms with Crippen molar-refractivity contribution < 1.29 is 9.53 Å². The van der Waals surface area contributed by atoms with Gasteiger partial charge in [0.15, 0.2) is 0 Å². The number of hydrogen-bond acceptors (Lipinski definition) is 4. The summed E-state index contributed by atoms with van der Waals surface area (Å²) in [6.07, 6.45) is 3.37. The maximum absolute atomic E-state index is 13.0. The van der Waals surface area contributed by atoms with Crippen molar-refractivity contribution in [3.05, 3.63) is 90.3 Å². The molecule has 4 rings (SSSR count). The highest BCUT2D eigenvalue weighted by molar-refractivity contribution is 5.94. The van der Waals surface area contributed by atoms with Crippen LogP contribution in [-0.4, -0.2) is 46.4 Å². The van der Waals surface area contributed by atoms with E-state index in [1.807, 2.05) is 47.4 Å². The molecule has 0 radical (unpaired) electrons. The molecule has 0 N–H and O–H groups in total. The molecule has 0 spiro atoms. The lowest BCUT2D eigenvalue weighted by Gasteiger charge is -2.40. The Bertz CT molecular complexity index is 929. The lowest BCUT2D eigenvalue weighted by atomic mass is 10.1. The minimum atomic E-state index is 0.0739. The fourth-order valence-electron chi connectivity index (χ4n) is 3.69. The molecule has 2 aromatic carbocycles. The summed E-state index contributed by atoms with van der Waals surface area (Å²) in [6.45, 7) is 5.54. The molecular formula is C24H25N3O2. The number of aromatic nitrogens is 1. The first-order valence-electron chi connectivity index (χ1n) is 9.94. The minimum Gasteiger partial charge on any atom is -0.456 e. The third-order valence-electron chi connectivity index (χ3n) is 5.19. The Morgan fingerprint density at radius 2 is 1.79 bits per heavy atom. The van der Waals surface area contributed by atoms with E-state index in [1.165, 1.54) is 5.56 Å². The predicted octanol–water partition coefficient (Wildman–Crippen LogP) is 4.22. The highest BCUT2D eigenvalue weighted by Crippen LogP contribution is 2.22. The molecule has 1 fully saturated rings. The number of amides is 1. The highest BCUT2D eigenvalue weighted by Gasteiger charge is 2.28. The molecule has 1 aliphatic heterocycles. The fraction of sp³-hybridized carbons (Fsp3) is 0.250. The van der Waals surface area contributed by atoms with Gasteiger partial charge < -0.3 is 9.64 Å². The largest absolute Gasteiger partial charge is 0.456 e. The quantitative estimate of drug-likeness (QED) is 0.658. The number of ether oxygens (including phenoxy) is 1. The van der Waals surface area contributed by atoms with Crippen LogP contribution in [0, 0.1) is 0 Å². The molecule has 1 amide bonds. The monoisotopic (exact) mass is 387 g/mol. The van der Waals surface area contributed by atoms with E-state index in [4.69, 9.17) is 4.74 Å². The van der Waals surface area contributed by atoms with Gasteiger partial charge in [-0.2, -0.15) is 0 Å². The zero-order chi connectivity index (χ0) is 20.1. The van der Waals surface area contributed by atoms with E-state index in [9.17, 15) is 4.79 Å². The Balaban J connectivity index is 1.36. The number of carbonyl (C=O) groups excluding carboxylic acids is 1. The van der Waals surface area contributed by atoms with E-state index >= 15 is 0 Å². The van der Waals surface area contributed by atoms with Crippen molar-refractivity contribution in [2.45, 2.75) is 19.5 Å². The molecule has 148 valence electrons. The van der Waals surface area contributed by atoms with E-state index in [-0.39, 0.29) is 11.9 Å². The lowest BCUT2D eigenvalue weighted by Crippen LogP contribution is -2.53. The predicted molar refractivity (Wildman–Crippen MR) is 113 cm³/mol. The molecule has 1 aliphatic rings. The summed E-state index contributed by atoms with van der Waals surface area (Å²) in [4.78, 5) is 21.4. The maximum atomic E-state index is 13.0. The van der Waals surface area contributed by atoms with Crippen molar-refractivity contribution in [3.63, 3.8) is 0 Å². The van der Waals surface area contributed by atoms with Crippen molar-refractivity contribution in [2.75, 3.05) is 19.6 Å². The number of hydrogen-bond donors (Lipinski definition) is 0. The van der Waals surface area contributed by atoms with Gasteiger partial charge in [-0.15, -0.1) is 0 Å². The molecule has 0 bridgehead atoms. The molecule has 0 aliphatic carbocycles. The van der Waals surface area contributed by atoms with Gasteiger partial charge in [-0.3, -0.25) is 14.7 Å². The fourth-order valence-corrected chi connectivity index (χ4v) is 3.69. The first-order valence-corrected chi connectivity index (χ1v) is 9.94. The normalized spacial score (nSPS) is 17.1. The standard InChI is InChI=1S/C24H25N3O2/c1-19-17-26(18-20-6-3-2-4-7-20)14-15-27(19)24(28)21-9-11-22(12-10-21)29-23-8-5-13-25-16-23/h2-13,16,19H,14-15,17-18H2,1H3. The Hall–Kier alpha value is -3.18. The molecule has 5 heteroatoms. The number of piperazine rings is 1. The van der Waals surface area contributed by atoms with Gasteiger partial charge in [-0.1, -0.05) is 30.3 Å². The van der Waals surface area contributed by atoms with Gasteiger partial charge in [0.2, 0.25) is 0 Å². The summed E-state index contributed by atoms with van der Waals surface area (Å²) in [5.41, 5.74) is 2.00. The van der Waals surface area contributed by atoms with Crippen LogP contribution in [0.3, 0.4) is 0 Å². The Labute approximate surface area is 171 Å². The summed E-state index contributed by atoms with van der Waals surface area (Å²) in [5, 5.41) is 0. The Kier molecular flexibility index (Phi) is 5.86. The van der Waals surface area contributed by atoms with Crippen molar-refractivity contribution in [3.8, 4) is 11.5 Å². The number of nitrogens with zero attached hydrogens (tertiary/aromatic N) is 3. The number of benzene rings is 2. The van der Waals surface area contributed by atoms with Gasteiger partial charge in [0.1, 0.15) is 11.5 Å². The van der Waals surface area contributed by atoms with Crippen LogP contribution in [0.1, 0.15) is 22.8 Å². The minimum absolute atomic E-state index is 0.0739. The zero-order valence-electron chi connectivity index (χ0n) is 16.6. The van der Waals surface area contributed by atoms with Crippen LogP contribution in [0.5, 0.6) is 11.5 Å². The summed E-state index contributed by atoms with van der Waals surface area (Å²) < 4.78 is 5.76. The van der Waals surface area contributed by atoms with Crippen LogP contribution in [0.2, 0.25) is 0 Å². The number of rotatable bonds is 5. The number of pyridine rings is 1. The highest BCUT2D eigenvalue weighted by atomic mass is 16.5. The summed E-state index contributed by atoms with van der Waals surface area (Å²) in [6, 6.07) is 21.6. The summed E-state index contributed by atoms with van der Waals surface area (Å²) in [5.74, 6) is 1.44. The molecule has 29 heavy (non-hydrogen) atoms. The molecule has 1 saturated heterocycles. The van der Waals surface area contributed by atoms with Gasteiger partial charge in [0.25, 0.3) is 5.91 Å². The van der Waals surface area contributed by atoms with Gasteiger partial charge in [-0.05, 0) is 48.9 Å². The van der Waals surface area contributed by atoms with E-state index in [0.717, 1.165) is 26.2 Å². The van der Waals surface area contributed by atoms with Crippen molar-refractivity contribution in [2.24, 2.45) is 0 Å². The van der Waals surface area contributed by atoms with E-state index in [2.05, 4.69) is 41.1 Å². The molecule has 5 nitrogen and oxygen atoms in total. The van der Waals surface area contributed by atoms with Crippen LogP contribution < -0.4 is 4.74 Å². The smallest absolute Gasteiger partial charge is 0.254 e. The third-order valence-corrected chi connectivity index (χ3v) is 5.19. The maximum Gasteiger partial charge on any atom is 0.254 e. The second kappa shape index (κ2) is 8.88. The molecule has 2 heterocycles. The van der Waals surface area contributed by atoms with Crippen molar-refractivity contribution in [1.29, 1.82) is 0 Å². The van der Waals surface area contributed by atoms with Gasteiger partial charge >= 0.3 is 0 Å². The van der Waals surface area contributed by atoms with E-state index < -0.39 is 0 Å². The molecule has 3 aromatic rings. The Morgan fingerprint density at radius 3 is 2.48 bits per heavy atom. The van der Waals surface area contributed by atoms with Crippen LogP contribution in [0.15, 0.2) is 79.1 Å². The Morgan fingerprint density at radius 1 is 1.00 bits per heavy atom. The molecule has 1 aromatic heterocycles. The van der Waals surface area contributed by atoms with Crippen molar-refractivity contribution >= 4 is 5.91 Å². The lowest BCUT2D eigenvalue weighted by molar-refractivity contribution is 0.0475. The zero-order valence-corrected chi connectivity index (χ0v) is 16.6. The second-order valence-corrected chi connectivity index (χ2v) is 7.38. The first kappa shape index (κ1) is 19.2. The summed E-state index contributed by atoms with van der Waals surface area (Å²) >= 11 is 0. The SMILES string of the molecule is CC1CN(Cc2ccccc2)CCN1C(=O)c1ccc(Oc2cccnc2)cc1. The topological polar surface area (TPSA) is 45.7 Å². The second-order valence-electron chi connectivity index (χ2n) is 7.38. The average molecular weight is 387 g/mol. The average Bonchev–Trinajstić information content (AvgIpc) is 2.75. The first-order chi connectivity index (χ1) is 14.2. The van der Waals surface area contributed by atoms with Crippen LogP contribution in [0.4, 0.5) is 0 Å². The van der Waals surface area contributed by atoms with Crippen LogP contribution in [0.25, 0.3) is 0 Å². The molecule has 1 atom stereocenters. The molecular weight excluding hydrogens is 362 g/mol. The third kappa shape index (κ3) is 4.81. The van der Waals surface area contributed by atoms with E-state index in [0.29, 0.717) is 17.1 Å². The van der Waals surface area contributed by atoms with Crippen LogP contribution in [-0.2, 0) is 6.54 Å². The van der Waals surface area contributed by atoms with Gasteiger partial charge in [0.05, 0.1) is 6.20 Å². The van der Waals surface area contributed by atoms with Crippen LogP contribution >= 0.6 is 0 Å². The number of carbonyl (C=O) groups is 1.